The second-order valence-corrected chi connectivity index (χ2v) is 9.20. The number of benzene rings is 1. The number of ketones is 1. The van der Waals surface area contributed by atoms with Crippen molar-refractivity contribution in [1.82, 2.24) is 19.9 Å². The maximum atomic E-state index is 13.3. The van der Waals surface area contributed by atoms with Gasteiger partial charge in [0.25, 0.3) is 10.0 Å². The lowest BCUT2D eigenvalue weighted by Crippen LogP contribution is -2.18. The fourth-order valence-corrected chi connectivity index (χ4v) is 4.41. The van der Waals surface area contributed by atoms with E-state index in [4.69, 9.17) is 11.6 Å². The Labute approximate surface area is 183 Å². The zero-order valence-electron chi connectivity index (χ0n) is 16.9. The van der Waals surface area contributed by atoms with E-state index in [0.29, 0.717) is 33.0 Å². The molecular formula is C21H18ClN5O3S. The SMILES string of the molecule is Cc1cnc(C(=O)c2nc(C)nc3[nH]ccc23)c(NS(=O)(=O)c2ccc(Cl)c(C)c2)c1. The Morgan fingerprint density at radius 1 is 1.06 bits per heavy atom. The number of aromatic nitrogens is 4. The van der Waals surface area contributed by atoms with Gasteiger partial charge in [0.1, 0.15) is 22.9 Å². The van der Waals surface area contributed by atoms with Gasteiger partial charge < -0.3 is 4.98 Å². The van der Waals surface area contributed by atoms with Crippen molar-refractivity contribution in [3.8, 4) is 0 Å². The van der Waals surface area contributed by atoms with Gasteiger partial charge in [-0.1, -0.05) is 11.6 Å². The average Bonchev–Trinajstić information content (AvgIpc) is 3.17. The number of aromatic amines is 1. The van der Waals surface area contributed by atoms with Crippen molar-refractivity contribution in [1.29, 1.82) is 0 Å². The van der Waals surface area contributed by atoms with Gasteiger partial charge in [0, 0.05) is 22.8 Å². The number of aryl methyl sites for hydroxylation is 3. The predicted molar refractivity (Wildman–Crippen MR) is 118 cm³/mol. The molecule has 8 nitrogen and oxygen atoms in total. The lowest BCUT2D eigenvalue weighted by molar-refractivity contribution is 0.103. The molecule has 0 aliphatic carbocycles. The standard InChI is InChI=1S/C21H18ClN5O3S/c1-11-8-17(27-31(29,30)14-4-5-16(22)12(2)9-14)19(24-10-11)20(28)18-15-6-7-23-21(15)26-13(3)25-18/h4-10,27H,1-3H3,(H,23,25,26). The predicted octanol–water partition coefficient (Wildman–Crippen LogP) is 3.96. The minimum atomic E-state index is -3.99. The van der Waals surface area contributed by atoms with Crippen LogP contribution in [-0.2, 0) is 10.0 Å². The minimum Gasteiger partial charge on any atom is -0.346 e. The molecule has 0 atom stereocenters. The summed E-state index contributed by atoms with van der Waals surface area (Å²) in [7, 11) is -3.99. The van der Waals surface area contributed by atoms with Gasteiger partial charge in [-0.2, -0.15) is 0 Å². The highest BCUT2D eigenvalue weighted by Crippen LogP contribution is 2.26. The first kappa shape index (κ1) is 21.0. The molecule has 0 bridgehead atoms. The zero-order chi connectivity index (χ0) is 22.3. The first-order valence-corrected chi connectivity index (χ1v) is 11.1. The normalized spacial score (nSPS) is 11.6. The van der Waals surface area contributed by atoms with Crippen LogP contribution in [0.25, 0.3) is 11.0 Å². The Morgan fingerprint density at radius 3 is 2.58 bits per heavy atom. The van der Waals surface area contributed by atoms with Crippen LogP contribution in [0.2, 0.25) is 5.02 Å². The molecular weight excluding hydrogens is 438 g/mol. The topological polar surface area (TPSA) is 118 Å². The van der Waals surface area contributed by atoms with Crippen molar-refractivity contribution >= 4 is 44.1 Å². The van der Waals surface area contributed by atoms with Gasteiger partial charge in [0.15, 0.2) is 0 Å². The maximum Gasteiger partial charge on any atom is 0.261 e. The lowest BCUT2D eigenvalue weighted by atomic mass is 10.1. The van der Waals surface area contributed by atoms with Crippen LogP contribution < -0.4 is 4.72 Å². The van der Waals surface area contributed by atoms with Crippen LogP contribution in [0.1, 0.15) is 33.1 Å². The highest BCUT2D eigenvalue weighted by atomic mass is 35.5. The molecule has 10 heteroatoms. The number of pyridine rings is 1. The van der Waals surface area contributed by atoms with E-state index >= 15 is 0 Å². The summed E-state index contributed by atoms with van der Waals surface area (Å²) >= 11 is 6.01. The second kappa shape index (κ2) is 7.75. The molecule has 0 saturated heterocycles. The van der Waals surface area contributed by atoms with Gasteiger partial charge in [-0.25, -0.2) is 18.4 Å². The van der Waals surface area contributed by atoms with Crippen LogP contribution in [0.15, 0.2) is 47.6 Å². The van der Waals surface area contributed by atoms with Gasteiger partial charge in [0.05, 0.1) is 10.6 Å². The summed E-state index contributed by atoms with van der Waals surface area (Å²) in [6.07, 6.45) is 3.16. The van der Waals surface area contributed by atoms with Crippen LogP contribution in [-0.4, -0.2) is 34.1 Å². The summed E-state index contributed by atoms with van der Waals surface area (Å²) in [5.41, 5.74) is 1.98. The van der Waals surface area contributed by atoms with Gasteiger partial charge in [-0.3, -0.25) is 14.5 Å². The van der Waals surface area contributed by atoms with Gasteiger partial charge in [-0.15, -0.1) is 0 Å². The number of anilines is 1. The van der Waals surface area contributed by atoms with E-state index in [1.807, 2.05) is 0 Å². The summed E-state index contributed by atoms with van der Waals surface area (Å²) in [5, 5.41) is 0.988. The number of nitrogens with one attached hydrogen (secondary N) is 2. The molecule has 3 heterocycles. The van der Waals surface area contributed by atoms with Crippen LogP contribution in [0.3, 0.4) is 0 Å². The molecule has 0 amide bonds. The summed E-state index contributed by atoms with van der Waals surface area (Å²) in [6, 6.07) is 7.63. The van der Waals surface area contributed by atoms with E-state index in [-0.39, 0.29) is 22.0 Å². The molecule has 0 radical (unpaired) electrons. The molecule has 0 aliphatic rings. The van der Waals surface area contributed by atoms with Crippen LogP contribution in [0.4, 0.5) is 5.69 Å². The zero-order valence-corrected chi connectivity index (χ0v) is 18.5. The molecule has 4 aromatic rings. The molecule has 2 N–H and O–H groups in total. The molecule has 4 rings (SSSR count). The molecule has 3 aromatic heterocycles. The van der Waals surface area contributed by atoms with E-state index in [2.05, 4.69) is 24.7 Å². The molecule has 1 aromatic carbocycles. The fourth-order valence-electron chi connectivity index (χ4n) is 3.15. The first-order chi connectivity index (χ1) is 14.7. The van der Waals surface area contributed by atoms with E-state index in [0.717, 1.165) is 0 Å². The van der Waals surface area contributed by atoms with Gasteiger partial charge in [0.2, 0.25) is 5.78 Å². The Morgan fingerprint density at radius 2 is 1.84 bits per heavy atom. The number of halogens is 1. The molecule has 0 aliphatic heterocycles. The average molecular weight is 456 g/mol. The number of H-pyrrole nitrogens is 1. The maximum absolute atomic E-state index is 13.3. The number of carbonyl (C=O) groups excluding carboxylic acids is 1. The van der Waals surface area contributed by atoms with Crippen LogP contribution >= 0.6 is 11.6 Å². The summed E-state index contributed by atoms with van der Waals surface area (Å²) < 4.78 is 28.5. The molecule has 0 fully saturated rings. The van der Waals surface area contributed by atoms with E-state index in [1.54, 1.807) is 39.1 Å². The number of sulfonamides is 1. The third-order valence-corrected chi connectivity index (χ3v) is 6.45. The largest absolute Gasteiger partial charge is 0.346 e. The molecule has 31 heavy (non-hydrogen) atoms. The van der Waals surface area contributed by atoms with Crippen molar-refractivity contribution in [3.05, 3.63) is 76.1 Å². The van der Waals surface area contributed by atoms with Crippen molar-refractivity contribution in [2.45, 2.75) is 25.7 Å². The highest BCUT2D eigenvalue weighted by Gasteiger charge is 2.24. The van der Waals surface area contributed by atoms with Crippen molar-refractivity contribution in [2.24, 2.45) is 0 Å². The Bertz CT molecular complexity index is 1450. The van der Waals surface area contributed by atoms with Crippen LogP contribution in [0.5, 0.6) is 0 Å². The lowest BCUT2D eigenvalue weighted by Gasteiger charge is -2.13. The molecule has 0 unspecified atom stereocenters. The van der Waals surface area contributed by atoms with Crippen molar-refractivity contribution in [2.75, 3.05) is 4.72 Å². The molecule has 158 valence electrons. The van der Waals surface area contributed by atoms with E-state index in [1.165, 1.54) is 24.4 Å². The van der Waals surface area contributed by atoms with Crippen molar-refractivity contribution in [3.63, 3.8) is 0 Å². The minimum absolute atomic E-state index is 0.0280. The summed E-state index contributed by atoms with van der Waals surface area (Å²) in [4.78, 5) is 29.1. The van der Waals surface area contributed by atoms with Gasteiger partial charge >= 0.3 is 0 Å². The monoisotopic (exact) mass is 455 g/mol. The third-order valence-electron chi connectivity index (χ3n) is 4.67. The smallest absolute Gasteiger partial charge is 0.261 e. The van der Waals surface area contributed by atoms with Crippen LogP contribution in [0, 0.1) is 20.8 Å². The third kappa shape index (κ3) is 4.01. The highest BCUT2D eigenvalue weighted by molar-refractivity contribution is 7.92. The number of hydrogen-bond acceptors (Lipinski definition) is 6. The molecule has 0 spiro atoms. The fraction of sp³-hybridized carbons (Fsp3) is 0.143. The van der Waals surface area contributed by atoms with Gasteiger partial charge in [-0.05, 0) is 62.2 Å². The number of carbonyl (C=O) groups is 1. The van der Waals surface area contributed by atoms with Crippen molar-refractivity contribution < 1.29 is 13.2 Å². The quantitative estimate of drug-likeness (QED) is 0.440. The Kier molecular flexibility index (Phi) is 5.24. The number of fused-ring (bicyclic) bond motifs is 1. The Balaban J connectivity index is 1.80. The second-order valence-electron chi connectivity index (χ2n) is 7.11. The molecule has 0 saturated carbocycles. The Hall–Kier alpha value is -3.30. The first-order valence-electron chi connectivity index (χ1n) is 9.28. The number of nitrogens with zero attached hydrogens (tertiary/aromatic N) is 3. The number of rotatable bonds is 5. The summed E-state index contributed by atoms with van der Waals surface area (Å²) in [5.74, 6) is -0.107. The van der Waals surface area contributed by atoms with E-state index in [9.17, 15) is 13.2 Å². The van der Waals surface area contributed by atoms with E-state index < -0.39 is 15.8 Å². The summed E-state index contributed by atoms with van der Waals surface area (Å²) in [6.45, 7) is 5.14. The number of hydrogen-bond donors (Lipinski definition) is 2.